The molecule has 1 aliphatic heterocycles. The summed E-state index contributed by atoms with van der Waals surface area (Å²) in [5, 5.41) is 7.98. The number of carbonyl (C=O) groups is 1. The predicted octanol–water partition coefficient (Wildman–Crippen LogP) is 2.77. The van der Waals surface area contributed by atoms with Gasteiger partial charge in [-0.2, -0.15) is 5.10 Å². The van der Waals surface area contributed by atoms with Crippen LogP contribution < -0.4 is 10.2 Å². The highest BCUT2D eigenvalue weighted by Gasteiger charge is 2.21. The Morgan fingerprint density at radius 1 is 1.28 bits per heavy atom. The van der Waals surface area contributed by atoms with Gasteiger partial charge in [-0.25, -0.2) is 4.79 Å². The number of aromatic nitrogens is 2. The molecule has 3 rings (SSSR count). The maximum atomic E-state index is 12.3. The summed E-state index contributed by atoms with van der Waals surface area (Å²) in [6.07, 6.45) is 4.73. The normalized spacial score (nSPS) is 14.6. The second-order valence-electron chi connectivity index (χ2n) is 6.32. The zero-order chi connectivity index (χ0) is 17.6. The molecule has 2 aromatic rings. The Labute approximate surface area is 153 Å². The number of anilines is 1. The van der Waals surface area contributed by atoms with Crippen molar-refractivity contribution in [2.24, 2.45) is 0 Å². The third-order valence-electron chi connectivity index (χ3n) is 4.34. The van der Waals surface area contributed by atoms with Gasteiger partial charge in [0.05, 0.1) is 6.20 Å². The van der Waals surface area contributed by atoms with Crippen molar-refractivity contribution in [1.29, 1.82) is 0 Å². The molecule has 134 valence electrons. The molecule has 1 fully saturated rings. The molecule has 2 heterocycles. The van der Waals surface area contributed by atoms with E-state index in [1.807, 2.05) is 47.1 Å². The largest absolute Gasteiger partial charge is 0.368 e. The number of aryl methyl sites for hydroxylation is 2. The van der Waals surface area contributed by atoms with Gasteiger partial charge in [0, 0.05) is 56.2 Å². The molecule has 0 atom stereocenters. The van der Waals surface area contributed by atoms with Gasteiger partial charge in [0.15, 0.2) is 0 Å². The Balaban J connectivity index is 1.38. The van der Waals surface area contributed by atoms with E-state index in [0.717, 1.165) is 55.4 Å². The summed E-state index contributed by atoms with van der Waals surface area (Å²) in [4.78, 5) is 16.4. The first-order valence-corrected chi connectivity index (χ1v) is 9.02. The maximum Gasteiger partial charge on any atom is 0.317 e. The smallest absolute Gasteiger partial charge is 0.317 e. The summed E-state index contributed by atoms with van der Waals surface area (Å²) in [6, 6.07) is 7.87. The fraction of sp³-hybridized carbons (Fsp3) is 0.444. The number of halogens is 1. The highest BCUT2D eigenvalue weighted by atomic mass is 35.5. The first-order valence-electron chi connectivity index (χ1n) is 8.64. The highest BCUT2D eigenvalue weighted by molar-refractivity contribution is 6.30. The monoisotopic (exact) mass is 361 g/mol. The summed E-state index contributed by atoms with van der Waals surface area (Å²) in [6.45, 7) is 6.57. The first-order chi connectivity index (χ1) is 12.1. The van der Waals surface area contributed by atoms with Crippen LogP contribution in [0.4, 0.5) is 10.5 Å². The van der Waals surface area contributed by atoms with Crippen LogP contribution in [-0.4, -0.2) is 53.4 Å². The number of nitrogens with one attached hydrogen (secondary N) is 1. The lowest BCUT2D eigenvalue weighted by Crippen LogP contribution is -2.52. The minimum atomic E-state index is 0.0161. The van der Waals surface area contributed by atoms with Crippen molar-refractivity contribution in [3.63, 3.8) is 0 Å². The molecule has 0 aliphatic carbocycles. The molecule has 0 bridgehead atoms. The van der Waals surface area contributed by atoms with Crippen molar-refractivity contribution in [2.75, 3.05) is 37.6 Å². The number of nitrogens with zero attached hydrogens (tertiary/aromatic N) is 4. The number of piperazine rings is 1. The van der Waals surface area contributed by atoms with Crippen molar-refractivity contribution in [2.45, 2.75) is 19.9 Å². The summed E-state index contributed by atoms with van der Waals surface area (Å²) in [7, 11) is 0. The van der Waals surface area contributed by atoms with Gasteiger partial charge in [-0.1, -0.05) is 17.7 Å². The van der Waals surface area contributed by atoms with E-state index in [1.165, 1.54) is 0 Å². The molecule has 1 aromatic carbocycles. The van der Waals surface area contributed by atoms with Crippen molar-refractivity contribution in [3.8, 4) is 0 Å². The van der Waals surface area contributed by atoms with Crippen LogP contribution in [0, 0.1) is 6.92 Å². The van der Waals surface area contributed by atoms with Gasteiger partial charge in [-0.3, -0.25) is 4.68 Å². The number of carbonyl (C=O) groups excluding carboxylic acids is 1. The Morgan fingerprint density at radius 3 is 2.76 bits per heavy atom. The second kappa shape index (κ2) is 8.25. The fourth-order valence-corrected chi connectivity index (χ4v) is 3.16. The Hall–Kier alpha value is -2.21. The quantitative estimate of drug-likeness (QED) is 0.833. The Kier molecular flexibility index (Phi) is 5.81. The van der Waals surface area contributed by atoms with Crippen LogP contribution in [0.3, 0.4) is 0 Å². The summed E-state index contributed by atoms with van der Waals surface area (Å²) in [5.41, 5.74) is 2.27. The van der Waals surface area contributed by atoms with Crippen LogP contribution in [0.5, 0.6) is 0 Å². The van der Waals surface area contributed by atoms with Gasteiger partial charge in [-0.15, -0.1) is 0 Å². The maximum absolute atomic E-state index is 12.3. The van der Waals surface area contributed by atoms with Crippen LogP contribution in [0.15, 0.2) is 36.7 Å². The zero-order valence-electron chi connectivity index (χ0n) is 14.5. The molecule has 1 aliphatic rings. The number of urea groups is 1. The van der Waals surface area contributed by atoms with Gasteiger partial charge in [0.2, 0.25) is 0 Å². The molecule has 1 saturated heterocycles. The summed E-state index contributed by atoms with van der Waals surface area (Å²) >= 11 is 6.05. The van der Waals surface area contributed by atoms with Gasteiger partial charge in [0.25, 0.3) is 0 Å². The van der Waals surface area contributed by atoms with Crippen LogP contribution >= 0.6 is 11.6 Å². The van der Waals surface area contributed by atoms with Crippen LogP contribution in [0.1, 0.15) is 12.0 Å². The Morgan fingerprint density at radius 2 is 2.08 bits per heavy atom. The van der Waals surface area contributed by atoms with Crippen molar-refractivity contribution in [1.82, 2.24) is 20.0 Å². The van der Waals surface area contributed by atoms with Gasteiger partial charge in [0.1, 0.15) is 0 Å². The summed E-state index contributed by atoms with van der Waals surface area (Å²) < 4.78 is 1.91. The van der Waals surface area contributed by atoms with Crippen molar-refractivity contribution in [3.05, 3.63) is 47.2 Å². The Bertz CT molecular complexity index is 709. The average molecular weight is 362 g/mol. The molecule has 7 heteroatoms. The van der Waals surface area contributed by atoms with E-state index in [9.17, 15) is 4.79 Å². The minimum Gasteiger partial charge on any atom is -0.368 e. The fourth-order valence-electron chi connectivity index (χ4n) is 2.98. The molecule has 0 radical (unpaired) electrons. The lowest BCUT2D eigenvalue weighted by molar-refractivity contribution is 0.194. The van der Waals surface area contributed by atoms with E-state index in [0.29, 0.717) is 6.54 Å². The third kappa shape index (κ3) is 4.89. The number of hydrogen-bond donors (Lipinski definition) is 1. The third-order valence-corrected chi connectivity index (χ3v) is 4.58. The van der Waals surface area contributed by atoms with Crippen molar-refractivity contribution < 1.29 is 4.79 Å². The molecule has 1 aromatic heterocycles. The van der Waals surface area contributed by atoms with Gasteiger partial charge < -0.3 is 15.1 Å². The second-order valence-corrected chi connectivity index (χ2v) is 6.76. The number of benzene rings is 1. The van der Waals surface area contributed by atoms with E-state index in [-0.39, 0.29) is 6.03 Å². The standard InChI is InChI=1S/C18H24ClN5O/c1-15-13-21-24(14-15)7-3-6-20-18(25)23-10-8-22(9-11-23)17-5-2-4-16(19)12-17/h2,4-5,12-14H,3,6-11H2,1H3,(H,20,25). The molecular formula is C18H24ClN5O. The predicted molar refractivity (Wildman–Crippen MR) is 100 cm³/mol. The van der Waals surface area contributed by atoms with Crippen molar-refractivity contribution >= 4 is 23.3 Å². The van der Waals surface area contributed by atoms with Crippen LogP contribution in [0.25, 0.3) is 0 Å². The molecule has 2 amide bonds. The average Bonchev–Trinajstić information content (AvgIpc) is 3.04. The first kappa shape index (κ1) is 17.6. The molecule has 0 unspecified atom stereocenters. The van der Waals surface area contributed by atoms with Crippen LogP contribution in [-0.2, 0) is 6.54 Å². The zero-order valence-corrected chi connectivity index (χ0v) is 15.2. The number of amides is 2. The van der Waals surface area contributed by atoms with E-state index < -0.39 is 0 Å². The molecule has 6 nitrogen and oxygen atoms in total. The van der Waals surface area contributed by atoms with E-state index in [4.69, 9.17) is 11.6 Å². The molecule has 25 heavy (non-hydrogen) atoms. The van der Waals surface area contributed by atoms with E-state index in [1.54, 1.807) is 0 Å². The topological polar surface area (TPSA) is 53.4 Å². The number of hydrogen-bond acceptors (Lipinski definition) is 3. The van der Waals surface area contributed by atoms with Gasteiger partial charge >= 0.3 is 6.03 Å². The molecule has 0 saturated carbocycles. The lowest BCUT2D eigenvalue weighted by atomic mass is 10.2. The van der Waals surface area contributed by atoms with Gasteiger partial charge in [-0.05, 0) is 37.1 Å². The van der Waals surface area contributed by atoms with E-state index in [2.05, 4.69) is 21.4 Å². The molecule has 0 spiro atoms. The van der Waals surface area contributed by atoms with Crippen LogP contribution in [0.2, 0.25) is 5.02 Å². The molecule has 1 N–H and O–H groups in total. The SMILES string of the molecule is Cc1cnn(CCCNC(=O)N2CCN(c3cccc(Cl)c3)CC2)c1. The summed E-state index contributed by atoms with van der Waals surface area (Å²) in [5.74, 6) is 0. The lowest BCUT2D eigenvalue weighted by Gasteiger charge is -2.36. The minimum absolute atomic E-state index is 0.0161. The highest BCUT2D eigenvalue weighted by Crippen LogP contribution is 2.20. The molecular weight excluding hydrogens is 338 g/mol. The number of rotatable bonds is 5. The van der Waals surface area contributed by atoms with E-state index >= 15 is 0 Å².